The molecule has 1 aromatic heterocycles. The van der Waals surface area contributed by atoms with E-state index in [2.05, 4.69) is 43.4 Å². The smallest absolute Gasteiger partial charge is 0.305 e. The summed E-state index contributed by atoms with van der Waals surface area (Å²) in [6.07, 6.45) is 0.102. The summed E-state index contributed by atoms with van der Waals surface area (Å²) in [5.41, 5.74) is 2.49. The van der Waals surface area contributed by atoms with Crippen molar-refractivity contribution < 1.29 is 9.90 Å². The molecule has 0 bridgehead atoms. The fourth-order valence-corrected chi connectivity index (χ4v) is 3.00. The zero-order valence-corrected chi connectivity index (χ0v) is 13.2. The predicted octanol–water partition coefficient (Wildman–Crippen LogP) is 4.18. The van der Waals surface area contributed by atoms with E-state index in [0.29, 0.717) is 12.5 Å². The normalized spacial score (nSPS) is 12.5. The molecule has 21 heavy (non-hydrogen) atoms. The molecule has 2 rings (SSSR count). The third-order valence-electron chi connectivity index (χ3n) is 3.46. The first-order valence-electron chi connectivity index (χ1n) is 7.13. The highest BCUT2D eigenvalue weighted by Gasteiger charge is 2.15. The fourth-order valence-electron chi connectivity index (χ4n) is 2.20. The summed E-state index contributed by atoms with van der Waals surface area (Å²) in [5, 5.41) is 14.4. The Bertz CT molecular complexity index is 561. The summed E-state index contributed by atoms with van der Waals surface area (Å²) < 4.78 is 0. The maximum absolute atomic E-state index is 11.0. The Morgan fingerprint density at radius 1 is 1.24 bits per heavy atom. The Kier molecular flexibility index (Phi) is 5.53. The second-order valence-corrected chi connectivity index (χ2v) is 6.42. The molecule has 0 aliphatic carbocycles. The maximum atomic E-state index is 11.0. The number of aliphatic carboxylic acids is 1. The van der Waals surface area contributed by atoms with Crippen molar-refractivity contribution in [1.29, 1.82) is 0 Å². The third-order valence-corrected chi connectivity index (χ3v) is 4.45. The summed E-state index contributed by atoms with van der Waals surface area (Å²) in [5.74, 6) is -0.256. The number of rotatable bonds is 7. The molecule has 1 atom stereocenters. The standard InChI is InChI=1S/C17H21NO2S/c1-12(2)14-7-5-13(6-8-14)11-18-15(10-17(19)20)16-4-3-9-21-16/h3-9,12,15,18H,10-11H2,1-2H3,(H,19,20). The summed E-state index contributed by atoms with van der Waals surface area (Å²) >= 11 is 1.59. The largest absolute Gasteiger partial charge is 0.481 e. The molecule has 0 aliphatic rings. The summed E-state index contributed by atoms with van der Waals surface area (Å²) in [6.45, 7) is 5.02. The first-order valence-corrected chi connectivity index (χ1v) is 8.01. The van der Waals surface area contributed by atoms with Crippen LogP contribution in [-0.4, -0.2) is 11.1 Å². The minimum Gasteiger partial charge on any atom is -0.481 e. The lowest BCUT2D eigenvalue weighted by atomic mass is 10.0. The van der Waals surface area contributed by atoms with Crippen molar-refractivity contribution in [2.45, 2.75) is 38.8 Å². The monoisotopic (exact) mass is 303 g/mol. The van der Waals surface area contributed by atoms with Gasteiger partial charge in [0.1, 0.15) is 0 Å². The van der Waals surface area contributed by atoms with Gasteiger partial charge in [-0.25, -0.2) is 0 Å². The molecule has 1 unspecified atom stereocenters. The van der Waals surface area contributed by atoms with Crippen LogP contribution in [0.15, 0.2) is 41.8 Å². The van der Waals surface area contributed by atoms with Gasteiger partial charge in [0.25, 0.3) is 0 Å². The van der Waals surface area contributed by atoms with Gasteiger partial charge in [0.2, 0.25) is 0 Å². The van der Waals surface area contributed by atoms with E-state index in [9.17, 15) is 4.79 Å². The quantitative estimate of drug-likeness (QED) is 0.807. The maximum Gasteiger partial charge on any atom is 0.305 e. The van der Waals surface area contributed by atoms with Gasteiger partial charge in [0.15, 0.2) is 0 Å². The van der Waals surface area contributed by atoms with Crippen LogP contribution in [0.1, 0.15) is 48.2 Å². The first kappa shape index (κ1) is 15.7. The number of hydrogen-bond donors (Lipinski definition) is 2. The van der Waals surface area contributed by atoms with E-state index in [-0.39, 0.29) is 12.5 Å². The molecular weight excluding hydrogens is 282 g/mol. The second-order valence-electron chi connectivity index (χ2n) is 5.44. The number of benzene rings is 1. The van der Waals surface area contributed by atoms with E-state index in [1.165, 1.54) is 11.1 Å². The zero-order valence-electron chi connectivity index (χ0n) is 12.4. The van der Waals surface area contributed by atoms with Gasteiger partial charge in [-0.15, -0.1) is 11.3 Å². The van der Waals surface area contributed by atoms with E-state index in [0.717, 1.165) is 4.88 Å². The Morgan fingerprint density at radius 2 is 1.95 bits per heavy atom. The molecule has 0 saturated heterocycles. The SMILES string of the molecule is CC(C)c1ccc(CNC(CC(=O)O)c2cccs2)cc1. The van der Waals surface area contributed by atoms with Crippen LogP contribution in [0.3, 0.4) is 0 Å². The van der Waals surface area contributed by atoms with Gasteiger partial charge < -0.3 is 10.4 Å². The van der Waals surface area contributed by atoms with Gasteiger partial charge in [-0.2, -0.15) is 0 Å². The van der Waals surface area contributed by atoms with Crippen molar-refractivity contribution in [3.63, 3.8) is 0 Å². The summed E-state index contributed by atoms with van der Waals surface area (Å²) in [4.78, 5) is 12.1. The minimum atomic E-state index is -0.781. The minimum absolute atomic E-state index is 0.102. The van der Waals surface area contributed by atoms with Crippen LogP contribution in [0.5, 0.6) is 0 Å². The number of carbonyl (C=O) groups is 1. The molecule has 4 heteroatoms. The zero-order chi connectivity index (χ0) is 15.2. The van der Waals surface area contributed by atoms with Crippen LogP contribution in [-0.2, 0) is 11.3 Å². The van der Waals surface area contributed by atoms with Gasteiger partial charge in [0.05, 0.1) is 12.5 Å². The molecule has 0 saturated carbocycles. The summed E-state index contributed by atoms with van der Waals surface area (Å²) in [6, 6.07) is 12.3. The van der Waals surface area contributed by atoms with Gasteiger partial charge in [-0.1, -0.05) is 44.2 Å². The van der Waals surface area contributed by atoms with Gasteiger partial charge >= 0.3 is 5.97 Å². The first-order chi connectivity index (χ1) is 10.1. The molecular formula is C17H21NO2S. The lowest BCUT2D eigenvalue weighted by Crippen LogP contribution is -2.22. The van der Waals surface area contributed by atoms with E-state index in [1.807, 2.05) is 17.5 Å². The molecule has 0 spiro atoms. The van der Waals surface area contributed by atoms with Crippen LogP contribution in [0.4, 0.5) is 0 Å². The van der Waals surface area contributed by atoms with E-state index >= 15 is 0 Å². The number of carboxylic acids is 1. The fraction of sp³-hybridized carbons (Fsp3) is 0.353. The Hall–Kier alpha value is -1.65. The van der Waals surface area contributed by atoms with Gasteiger partial charge in [-0.3, -0.25) is 4.79 Å². The predicted molar refractivity (Wildman–Crippen MR) is 86.7 cm³/mol. The highest BCUT2D eigenvalue weighted by Crippen LogP contribution is 2.23. The van der Waals surface area contributed by atoms with Crippen LogP contribution in [0.25, 0.3) is 0 Å². The lowest BCUT2D eigenvalue weighted by Gasteiger charge is -2.16. The molecule has 0 amide bonds. The molecule has 0 radical (unpaired) electrons. The van der Waals surface area contributed by atoms with Crippen LogP contribution in [0, 0.1) is 0 Å². The van der Waals surface area contributed by atoms with Gasteiger partial charge in [0, 0.05) is 11.4 Å². The average molecular weight is 303 g/mol. The molecule has 1 heterocycles. The number of thiophene rings is 1. The van der Waals surface area contributed by atoms with Crippen molar-refractivity contribution >= 4 is 17.3 Å². The Morgan fingerprint density at radius 3 is 2.48 bits per heavy atom. The van der Waals surface area contributed by atoms with Crippen LogP contribution >= 0.6 is 11.3 Å². The van der Waals surface area contributed by atoms with Crippen LogP contribution < -0.4 is 5.32 Å². The number of nitrogens with one attached hydrogen (secondary N) is 1. The van der Waals surface area contributed by atoms with Gasteiger partial charge in [-0.05, 0) is 28.5 Å². The number of hydrogen-bond acceptors (Lipinski definition) is 3. The second kappa shape index (κ2) is 7.38. The van der Waals surface area contributed by atoms with Crippen molar-refractivity contribution in [1.82, 2.24) is 5.32 Å². The highest BCUT2D eigenvalue weighted by molar-refractivity contribution is 7.10. The molecule has 0 aliphatic heterocycles. The highest BCUT2D eigenvalue weighted by atomic mass is 32.1. The van der Waals surface area contributed by atoms with Crippen molar-refractivity contribution in [2.24, 2.45) is 0 Å². The molecule has 0 fully saturated rings. The Labute approximate surface area is 129 Å². The summed E-state index contributed by atoms with van der Waals surface area (Å²) in [7, 11) is 0. The number of carboxylic acid groups (broad SMARTS) is 1. The van der Waals surface area contributed by atoms with Crippen molar-refractivity contribution in [2.75, 3.05) is 0 Å². The molecule has 3 nitrogen and oxygen atoms in total. The van der Waals surface area contributed by atoms with E-state index in [1.54, 1.807) is 11.3 Å². The molecule has 1 aromatic carbocycles. The van der Waals surface area contributed by atoms with E-state index < -0.39 is 5.97 Å². The topological polar surface area (TPSA) is 49.3 Å². The van der Waals surface area contributed by atoms with Crippen molar-refractivity contribution in [3.8, 4) is 0 Å². The Balaban J connectivity index is 1.99. The average Bonchev–Trinajstić information content (AvgIpc) is 2.97. The molecule has 2 aromatic rings. The van der Waals surface area contributed by atoms with Crippen LogP contribution in [0.2, 0.25) is 0 Å². The van der Waals surface area contributed by atoms with Crippen molar-refractivity contribution in [3.05, 3.63) is 57.8 Å². The lowest BCUT2D eigenvalue weighted by molar-refractivity contribution is -0.137. The molecule has 2 N–H and O–H groups in total. The third kappa shape index (κ3) is 4.69. The van der Waals surface area contributed by atoms with E-state index in [4.69, 9.17) is 5.11 Å². The molecule has 112 valence electrons.